The number of carbonyl (C=O) groups is 3. The van der Waals surface area contributed by atoms with Crippen molar-refractivity contribution in [3.8, 4) is 0 Å². The van der Waals surface area contributed by atoms with Crippen LogP contribution in [0, 0.1) is 11.8 Å². The number of likely N-dealkylation sites (tertiary alicyclic amines) is 1. The molecule has 1 unspecified atom stereocenters. The Balaban J connectivity index is 1.45. The van der Waals surface area contributed by atoms with Gasteiger partial charge < -0.3 is 31.1 Å². The molecule has 0 radical (unpaired) electrons. The van der Waals surface area contributed by atoms with Crippen LogP contribution in [0.3, 0.4) is 0 Å². The van der Waals surface area contributed by atoms with Crippen molar-refractivity contribution in [3.05, 3.63) is 35.9 Å². The van der Waals surface area contributed by atoms with Gasteiger partial charge in [-0.2, -0.15) is 0 Å². The largest absolute Gasteiger partial charge is 0.394 e. The average molecular weight is 471 g/mol. The number of anilines is 2. The Bertz CT molecular complexity index is 974. The molecule has 184 valence electrons. The van der Waals surface area contributed by atoms with Crippen LogP contribution in [0.1, 0.15) is 44.6 Å². The third-order valence-electron chi connectivity index (χ3n) is 7.24. The highest BCUT2D eigenvalue weighted by Gasteiger charge is 2.48. The molecule has 1 aromatic carbocycles. The number of nitrogens with one attached hydrogen (secondary N) is 3. The quantitative estimate of drug-likeness (QED) is 0.382. The second-order valence-electron chi connectivity index (χ2n) is 9.50. The Morgan fingerprint density at radius 1 is 1.32 bits per heavy atom. The molecule has 5 N–H and O–H groups in total. The molecule has 0 bridgehead atoms. The summed E-state index contributed by atoms with van der Waals surface area (Å²) in [6, 6.07) is 4.91. The number of aliphatic hydroxyl groups is 2. The topological polar surface area (TPSA) is 131 Å². The summed E-state index contributed by atoms with van der Waals surface area (Å²) >= 11 is 0. The van der Waals surface area contributed by atoms with Crippen molar-refractivity contribution >= 4 is 29.1 Å². The number of hydrogen-bond donors (Lipinski definition) is 5. The smallest absolute Gasteiger partial charge is 0.261 e. The number of benzene rings is 1. The lowest BCUT2D eigenvalue weighted by Gasteiger charge is -2.27. The molecule has 4 atom stereocenters. The van der Waals surface area contributed by atoms with Crippen LogP contribution >= 0.6 is 0 Å². The van der Waals surface area contributed by atoms with Crippen molar-refractivity contribution in [3.63, 3.8) is 0 Å². The lowest BCUT2D eigenvalue weighted by Crippen LogP contribution is -2.40. The maximum atomic E-state index is 12.8. The molecule has 34 heavy (non-hydrogen) atoms. The molecule has 3 aliphatic heterocycles. The molecule has 0 saturated carbocycles. The third kappa shape index (κ3) is 4.73. The van der Waals surface area contributed by atoms with Gasteiger partial charge in [-0.3, -0.25) is 14.4 Å². The molecule has 3 heterocycles. The van der Waals surface area contributed by atoms with Crippen molar-refractivity contribution < 1.29 is 24.6 Å². The van der Waals surface area contributed by atoms with Gasteiger partial charge in [0.1, 0.15) is 0 Å². The predicted octanol–water partition coefficient (Wildman–Crippen LogP) is 1.33. The lowest BCUT2D eigenvalue weighted by molar-refractivity contribution is -0.137. The van der Waals surface area contributed by atoms with Gasteiger partial charge in [0, 0.05) is 42.4 Å². The highest BCUT2D eigenvalue weighted by atomic mass is 16.3. The van der Waals surface area contributed by atoms with Crippen LogP contribution in [0.4, 0.5) is 11.4 Å². The number of hydrogen-bond acceptors (Lipinski definition) is 6. The molecule has 3 aliphatic rings. The van der Waals surface area contributed by atoms with Crippen LogP contribution in [0.5, 0.6) is 0 Å². The first kappa shape index (κ1) is 24.4. The number of nitrogens with zero attached hydrogens (tertiary/aromatic N) is 1. The van der Waals surface area contributed by atoms with Gasteiger partial charge in [-0.05, 0) is 50.4 Å². The Morgan fingerprint density at radius 2 is 2.15 bits per heavy atom. The highest BCUT2D eigenvalue weighted by molar-refractivity contribution is 6.06. The number of rotatable bonds is 7. The van der Waals surface area contributed by atoms with Gasteiger partial charge in [0.25, 0.3) is 5.91 Å². The van der Waals surface area contributed by atoms with Crippen molar-refractivity contribution in [1.82, 2.24) is 10.2 Å². The van der Waals surface area contributed by atoms with Gasteiger partial charge in [0.15, 0.2) is 5.60 Å². The van der Waals surface area contributed by atoms with Crippen LogP contribution in [-0.2, 0) is 20.0 Å². The van der Waals surface area contributed by atoms with Crippen molar-refractivity contribution in [1.29, 1.82) is 0 Å². The van der Waals surface area contributed by atoms with Crippen LogP contribution in [0.2, 0.25) is 0 Å². The van der Waals surface area contributed by atoms with Gasteiger partial charge in [-0.1, -0.05) is 19.1 Å². The summed E-state index contributed by atoms with van der Waals surface area (Å²) < 4.78 is 0. The summed E-state index contributed by atoms with van der Waals surface area (Å²) in [5.74, 6) is -1.41. The van der Waals surface area contributed by atoms with Crippen LogP contribution in [0.25, 0.3) is 0 Å². The molecule has 0 aliphatic carbocycles. The summed E-state index contributed by atoms with van der Waals surface area (Å²) in [7, 11) is 0. The van der Waals surface area contributed by atoms with E-state index in [1.165, 1.54) is 0 Å². The van der Waals surface area contributed by atoms with E-state index in [0.717, 1.165) is 32.2 Å². The van der Waals surface area contributed by atoms with Gasteiger partial charge in [0.05, 0.1) is 18.6 Å². The first-order valence-corrected chi connectivity index (χ1v) is 12.1. The van der Waals surface area contributed by atoms with E-state index in [1.807, 2.05) is 0 Å². The minimum absolute atomic E-state index is 0.0430. The molecule has 9 heteroatoms. The Hall–Kier alpha value is -2.75. The molecule has 2 fully saturated rings. The maximum Gasteiger partial charge on any atom is 0.261 e. The highest BCUT2D eigenvalue weighted by Crippen LogP contribution is 2.43. The van der Waals surface area contributed by atoms with Crippen LogP contribution in [0.15, 0.2) is 30.4 Å². The van der Waals surface area contributed by atoms with Crippen LogP contribution in [-0.4, -0.2) is 65.1 Å². The Kier molecular flexibility index (Phi) is 7.35. The summed E-state index contributed by atoms with van der Waals surface area (Å²) in [5, 5.41) is 29.7. The van der Waals surface area contributed by atoms with Crippen molar-refractivity contribution in [2.75, 3.05) is 36.9 Å². The second kappa shape index (κ2) is 10.2. The summed E-state index contributed by atoms with van der Waals surface area (Å²) in [6.45, 7) is 3.87. The molecule has 4 rings (SSSR count). The number of amides is 3. The number of fused-ring (bicyclic) bond motifs is 1. The zero-order valence-electron chi connectivity index (χ0n) is 19.5. The van der Waals surface area contributed by atoms with E-state index in [-0.39, 0.29) is 36.8 Å². The fourth-order valence-corrected chi connectivity index (χ4v) is 5.14. The second-order valence-corrected chi connectivity index (χ2v) is 9.50. The number of aliphatic hydroxyl groups excluding tert-OH is 1. The van der Waals surface area contributed by atoms with Crippen LogP contribution < -0.4 is 16.0 Å². The molecular weight excluding hydrogens is 436 g/mol. The summed E-state index contributed by atoms with van der Waals surface area (Å²) in [5.41, 5.74) is -0.382. The van der Waals surface area contributed by atoms with E-state index in [2.05, 4.69) is 16.0 Å². The average Bonchev–Trinajstić information content (AvgIpc) is 3.43. The first-order chi connectivity index (χ1) is 16.3. The number of carbonyl (C=O) groups excluding carboxylic acids is 3. The molecule has 9 nitrogen and oxygen atoms in total. The molecule has 3 amide bonds. The minimum Gasteiger partial charge on any atom is -0.394 e. The Morgan fingerprint density at radius 3 is 2.88 bits per heavy atom. The van der Waals surface area contributed by atoms with E-state index >= 15 is 0 Å². The van der Waals surface area contributed by atoms with Gasteiger partial charge >= 0.3 is 0 Å². The molecule has 1 aromatic rings. The monoisotopic (exact) mass is 470 g/mol. The molecule has 2 saturated heterocycles. The van der Waals surface area contributed by atoms with E-state index in [9.17, 15) is 24.6 Å². The number of piperidine rings is 1. The standard InChI is InChI=1S/C25H34N4O5/c1-16(5-2-8-22(31)29-12-4-7-19(29)15-30)25(34)20-13-18(9-10-21(20)28-24(25)33)27-23(32)17-6-3-11-26-14-17/h2,5,9-10,13,16-17,19,26,30,34H,3-4,6-8,11-12,14-15H2,1H3,(H,27,32)(H,28,33)/b5-2+/t16-,17?,19+,25+/m1/s1. The van der Waals surface area contributed by atoms with E-state index in [4.69, 9.17) is 0 Å². The Labute approximate surface area is 199 Å². The molecule has 0 aromatic heterocycles. The predicted molar refractivity (Wildman–Crippen MR) is 128 cm³/mol. The SMILES string of the molecule is C[C@H](/C=C/CC(=O)N1CCC[C@H]1CO)[C@@]1(O)C(=O)Nc2ccc(NC(=O)C3CCCNC3)cc21. The fourth-order valence-electron chi connectivity index (χ4n) is 5.14. The minimum atomic E-state index is -1.82. The summed E-state index contributed by atoms with van der Waals surface area (Å²) in [6.07, 6.45) is 6.94. The first-order valence-electron chi connectivity index (χ1n) is 12.1. The zero-order chi connectivity index (χ0) is 24.3. The van der Waals surface area contributed by atoms with Crippen molar-refractivity contribution in [2.24, 2.45) is 11.8 Å². The van der Waals surface area contributed by atoms with E-state index in [1.54, 1.807) is 42.2 Å². The zero-order valence-corrected chi connectivity index (χ0v) is 19.5. The van der Waals surface area contributed by atoms with E-state index in [0.29, 0.717) is 30.0 Å². The van der Waals surface area contributed by atoms with Crippen molar-refractivity contribution in [2.45, 2.75) is 50.7 Å². The van der Waals surface area contributed by atoms with Gasteiger partial charge in [0.2, 0.25) is 11.8 Å². The molecular formula is C25H34N4O5. The van der Waals surface area contributed by atoms with E-state index < -0.39 is 17.4 Å². The van der Waals surface area contributed by atoms with Gasteiger partial charge in [-0.25, -0.2) is 0 Å². The molecule has 0 spiro atoms. The summed E-state index contributed by atoms with van der Waals surface area (Å²) in [4.78, 5) is 39.6. The maximum absolute atomic E-state index is 12.8. The third-order valence-corrected chi connectivity index (χ3v) is 7.24. The normalized spacial score (nSPS) is 27.5. The fraction of sp³-hybridized carbons (Fsp3) is 0.560. The lowest BCUT2D eigenvalue weighted by atomic mass is 9.82. The van der Waals surface area contributed by atoms with Gasteiger partial charge in [-0.15, -0.1) is 0 Å².